The summed E-state index contributed by atoms with van der Waals surface area (Å²) in [6.07, 6.45) is 0. The number of rotatable bonds is 1. The van der Waals surface area contributed by atoms with E-state index in [1.165, 1.54) is 0 Å². The molecule has 1 N–H and O–H groups in total. The molecule has 2 heteroatoms. The largest absolute Gasteiger partial charge is 0.508 e. The van der Waals surface area contributed by atoms with Crippen LogP contribution < -0.4 is 0 Å². The second-order valence-corrected chi connectivity index (χ2v) is 4.42. The van der Waals surface area contributed by atoms with Gasteiger partial charge in [0.05, 0.1) is 0 Å². The molecule has 0 spiro atoms. The number of aryl methyl sites for hydroxylation is 1. The molecule has 1 nitrogen and oxygen atoms in total. The topological polar surface area (TPSA) is 20.2 Å². The summed E-state index contributed by atoms with van der Waals surface area (Å²) in [7, 11) is 0. The van der Waals surface area contributed by atoms with E-state index in [4.69, 9.17) is 0 Å². The first-order chi connectivity index (χ1) is 7.16. The molecule has 0 aliphatic heterocycles. The van der Waals surface area contributed by atoms with Gasteiger partial charge in [0.1, 0.15) is 5.75 Å². The van der Waals surface area contributed by atoms with Gasteiger partial charge in [-0.25, -0.2) is 0 Å². The van der Waals surface area contributed by atoms with Gasteiger partial charge >= 0.3 is 0 Å². The van der Waals surface area contributed by atoms with Gasteiger partial charge in [-0.3, -0.25) is 0 Å². The Hall–Kier alpha value is -1.28. The van der Waals surface area contributed by atoms with Crippen LogP contribution in [0, 0.1) is 6.92 Å². The maximum atomic E-state index is 9.43. The van der Waals surface area contributed by atoms with Crippen molar-refractivity contribution in [1.82, 2.24) is 0 Å². The molecule has 0 atom stereocenters. The van der Waals surface area contributed by atoms with Gasteiger partial charge in [0, 0.05) is 4.47 Å². The molecular formula is C13H11BrO. The van der Waals surface area contributed by atoms with Crippen molar-refractivity contribution < 1.29 is 5.11 Å². The van der Waals surface area contributed by atoms with Crippen molar-refractivity contribution in [2.24, 2.45) is 0 Å². The second-order valence-electron chi connectivity index (χ2n) is 3.51. The van der Waals surface area contributed by atoms with Gasteiger partial charge in [-0.05, 0) is 47.9 Å². The van der Waals surface area contributed by atoms with Gasteiger partial charge in [-0.1, -0.05) is 34.1 Å². The first-order valence-electron chi connectivity index (χ1n) is 4.72. The SMILES string of the molecule is Cc1cc(-c2ccc(Br)cc2)ccc1O. The Labute approximate surface area is 97.5 Å². The highest BCUT2D eigenvalue weighted by molar-refractivity contribution is 9.10. The second kappa shape index (κ2) is 4.07. The molecule has 0 fully saturated rings. The van der Waals surface area contributed by atoms with E-state index in [1.807, 2.05) is 31.2 Å². The van der Waals surface area contributed by atoms with Gasteiger partial charge in [0.2, 0.25) is 0 Å². The minimum Gasteiger partial charge on any atom is -0.508 e. The molecule has 76 valence electrons. The third-order valence-electron chi connectivity index (χ3n) is 2.37. The predicted molar refractivity (Wildman–Crippen MR) is 66.0 cm³/mol. The number of phenols is 1. The maximum Gasteiger partial charge on any atom is 0.118 e. The Morgan fingerprint density at radius 3 is 2.13 bits per heavy atom. The molecule has 0 saturated carbocycles. The zero-order chi connectivity index (χ0) is 10.8. The van der Waals surface area contributed by atoms with Gasteiger partial charge in [0.25, 0.3) is 0 Å². The molecule has 2 aromatic rings. The van der Waals surface area contributed by atoms with Crippen LogP contribution in [0.1, 0.15) is 5.56 Å². The van der Waals surface area contributed by atoms with Gasteiger partial charge in [-0.2, -0.15) is 0 Å². The van der Waals surface area contributed by atoms with Crippen LogP contribution in [0.5, 0.6) is 5.75 Å². The van der Waals surface area contributed by atoms with Crippen LogP contribution in [0.3, 0.4) is 0 Å². The van der Waals surface area contributed by atoms with Gasteiger partial charge in [-0.15, -0.1) is 0 Å². The van der Waals surface area contributed by atoms with Crippen LogP contribution in [0.25, 0.3) is 11.1 Å². The average molecular weight is 263 g/mol. The molecule has 0 bridgehead atoms. The van der Waals surface area contributed by atoms with E-state index in [1.54, 1.807) is 6.07 Å². The Balaban J connectivity index is 2.45. The van der Waals surface area contributed by atoms with E-state index in [2.05, 4.69) is 28.1 Å². The number of hydrogen-bond acceptors (Lipinski definition) is 1. The van der Waals surface area contributed by atoms with Gasteiger partial charge in [0.15, 0.2) is 0 Å². The average Bonchev–Trinajstić information content (AvgIpc) is 2.23. The highest BCUT2D eigenvalue weighted by Gasteiger charge is 2.00. The van der Waals surface area contributed by atoms with Crippen LogP contribution in [0.4, 0.5) is 0 Å². The Morgan fingerprint density at radius 1 is 0.933 bits per heavy atom. The van der Waals surface area contributed by atoms with Crippen LogP contribution in [-0.4, -0.2) is 5.11 Å². The van der Waals surface area contributed by atoms with E-state index in [0.717, 1.165) is 21.2 Å². The van der Waals surface area contributed by atoms with Crippen molar-refractivity contribution in [2.45, 2.75) is 6.92 Å². The molecule has 0 radical (unpaired) electrons. The van der Waals surface area contributed by atoms with Crippen molar-refractivity contribution in [3.8, 4) is 16.9 Å². The number of halogens is 1. The highest BCUT2D eigenvalue weighted by Crippen LogP contribution is 2.26. The molecule has 0 heterocycles. The van der Waals surface area contributed by atoms with E-state index < -0.39 is 0 Å². The van der Waals surface area contributed by atoms with Crippen LogP contribution in [-0.2, 0) is 0 Å². The number of hydrogen-bond donors (Lipinski definition) is 1. The van der Waals surface area contributed by atoms with E-state index >= 15 is 0 Å². The quantitative estimate of drug-likeness (QED) is 0.820. The van der Waals surface area contributed by atoms with E-state index in [-0.39, 0.29) is 0 Å². The molecule has 2 aromatic carbocycles. The zero-order valence-electron chi connectivity index (χ0n) is 8.37. The summed E-state index contributed by atoms with van der Waals surface area (Å²) in [6.45, 7) is 1.90. The zero-order valence-corrected chi connectivity index (χ0v) is 9.95. The lowest BCUT2D eigenvalue weighted by atomic mass is 10.0. The molecule has 0 aliphatic carbocycles. The van der Waals surface area contributed by atoms with Crippen molar-refractivity contribution in [3.05, 3.63) is 52.5 Å². The minimum absolute atomic E-state index is 0.343. The molecule has 0 unspecified atom stereocenters. The van der Waals surface area contributed by atoms with E-state index in [0.29, 0.717) is 5.75 Å². The lowest BCUT2D eigenvalue weighted by molar-refractivity contribution is 0.471. The minimum atomic E-state index is 0.343. The summed E-state index contributed by atoms with van der Waals surface area (Å²) >= 11 is 3.40. The lowest BCUT2D eigenvalue weighted by Crippen LogP contribution is -1.80. The van der Waals surface area contributed by atoms with E-state index in [9.17, 15) is 5.11 Å². The Bertz CT molecular complexity index is 474. The standard InChI is InChI=1S/C13H11BrO/c1-9-8-11(4-7-13(9)15)10-2-5-12(14)6-3-10/h2-8,15H,1H3. The monoisotopic (exact) mass is 262 g/mol. The van der Waals surface area contributed by atoms with Crippen molar-refractivity contribution >= 4 is 15.9 Å². The summed E-state index contributed by atoms with van der Waals surface area (Å²) in [5, 5.41) is 9.43. The maximum absolute atomic E-state index is 9.43. The number of aromatic hydroxyl groups is 1. The summed E-state index contributed by atoms with van der Waals surface area (Å²) in [5.41, 5.74) is 3.18. The smallest absolute Gasteiger partial charge is 0.118 e. The lowest BCUT2D eigenvalue weighted by Gasteiger charge is -2.04. The highest BCUT2D eigenvalue weighted by atomic mass is 79.9. The molecule has 2 rings (SSSR count). The Morgan fingerprint density at radius 2 is 1.53 bits per heavy atom. The number of phenolic OH excluding ortho intramolecular Hbond substituents is 1. The molecule has 0 amide bonds. The first-order valence-corrected chi connectivity index (χ1v) is 5.51. The summed E-state index contributed by atoms with van der Waals surface area (Å²) in [6, 6.07) is 13.8. The Kier molecular flexibility index (Phi) is 2.78. The van der Waals surface area contributed by atoms with Crippen LogP contribution >= 0.6 is 15.9 Å². The fraction of sp³-hybridized carbons (Fsp3) is 0.0769. The third kappa shape index (κ3) is 2.21. The summed E-state index contributed by atoms with van der Waals surface area (Å²) in [4.78, 5) is 0. The predicted octanol–water partition coefficient (Wildman–Crippen LogP) is 4.13. The molecular weight excluding hydrogens is 252 g/mol. The third-order valence-corrected chi connectivity index (χ3v) is 2.90. The molecule has 0 saturated heterocycles. The summed E-state index contributed by atoms with van der Waals surface area (Å²) < 4.78 is 1.07. The first kappa shape index (κ1) is 10.2. The molecule has 0 aromatic heterocycles. The molecule has 15 heavy (non-hydrogen) atoms. The fourth-order valence-corrected chi connectivity index (χ4v) is 1.74. The summed E-state index contributed by atoms with van der Waals surface area (Å²) in [5.74, 6) is 0.343. The normalized spacial score (nSPS) is 10.3. The van der Waals surface area contributed by atoms with Gasteiger partial charge < -0.3 is 5.11 Å². The van der Waals surface area contributed by atoms with Crippen molar-refractivity contribution in [2.75, 3.05) is 0 Å². The fourth-order valence-electron chi connectivity index (χ4n) is 1.48. The van der Waals surface area contributed by atoms with Crippen LogP contribution in [0.15, 0.2) is 46.9 Å². The van der Waals surface area contributed by atoms with Crippen molar-refractivity contribution in [1.29, 1.82) is 0 Å². The number of benzene rings is 2. The molecule has 0 aliphatic rings. The van der Waals surface area contributed by atoms with Crippen molar-refractivity contribution in [3.63, 3.8) is 0 Å². The van der Waals surface area contributed by atoms with Crippen LogP contribution in [0.2, 0.25) is 0 Å².